The second kappa shape index (κ2) is 8.03. The molecule has 0 aromatic rings. The van der Waals surface area contributed by atoms with Gasteiger partial charge in [0, 0.05) is 19.2 Å². The lowest BCUT2D eigenvalue weighted by Crippen LogP contribution is -2.52. The highest BCUT2D eigenvalue weighted by atomic mass is 16.5. The average molecular weight is 245 g/mol. The summed E-state index contributed by atoms with van der Waals surface area (Å²) in [6, 6.07) is 0. The van der Waals surface area contributed by atoms with Crippen LogP contribution in [0.25, 0.3) is 0 Å². The smallest absolute Gasteiger partial charge is 0.0700 e. The molecule has 0 spiro atoms. The molecule has 0 aromatic heterocycles. The molecule has 1 aliphatic carbocycles. The summed E-state index contributed by atoms with van der Waals surface area (Å²) < 4.78 is 10.3. The Morgan fingerprint density at radius 2 is 2.18 bits per heavy atom. The van der Waals surface area contributed by atoms with Gasteiger partial charge in [-0.15, -0.1) is 0 Å². The van der Waals surface area contributed by atoms with Gasteiger partial charge in [0.15, 0.2) is 0 Å². The van der Waals surface area contributed by atoms with Crippen molar-refractivity contribution in [2.75, 3.05) is 40.1 Å². The molecule has 102 valence electrons. The quantitative estimate of drug-likeness (QED) is 0.631. The summed E-state index contributed by atoms with van der Waals surface area (Å²) in [4.78, 5) is 0. The van der Waals surface area contributed by atoms with E-state index in [9.17, 15) is 5.11 Å². The fourth-order valence-electron chi connectivity index (χ4n) is 2.65. The van der Waals surface area contributed by atoms with E-state index in [1.807, 2.05) is 0 Å². The van der Waals surface area contributed by atoms with Gasteiger partial charge >= 0.3 is 0 Å². The van der Waals surface area contributed by atoms with E-state index in [0.717, 1.165) is 19.4 Å². The van der Waals surface area contributed by atoms with Crippen molar-refractivity contribution in [2.45, 2.75) is 38.1 Å². The second-order valence-corrected chi connectivity index (χ2v) is 5.17. The van der Waals surface area contributed by atoms with Crippen LogP contribution >= 0.6 is 0 Å². The van der Waals surface area contributed by atoms with E-state index in [4.69, 9.17) is 9.47 Å². The first-order valence-corrected chi connectivity index (χ1v) is 6.65. The Balaban J connectivity index is 2.17. The maximum atomic E-state index is 9.58. The van der Waals surface area contributed by atoms with E-state index in [-0.39, 0.29) is 12.1 Å². The van der Waals surface area contributed by atoms with Crippen LogP contribution in [0, 0.1) is 5.92 Å². The molecule has 17 heavy (non-hydrogen) atoms. The predicted octanol–water partition coefficient (Wildman–Crippen LogP) is 1.18. The lowest BCUT2D eigenvalue weighted by atomic mass is 9.77. The van der Waals surface area contributed by atoms with Crippen LogP contribution in [-0.2, 0) is 9.47 Å². The predicted molar refractivity (Wildman–Crippen MR) is 68.1 cm³/mol. The Labute approximate surface area is 105 Å². The minimum Gasteiger partial charge on any atom is -0.394 e. The van der Waals surface area contributed by atoms with Crippen LogP contribution in [0.5, 0.6) is 0 Å². The summed E-state index contributed by atoms with van der Waals surface area (Å²) in [6.07, 6.45) is 4.64. The number of nitrogens with one attached hydrogen (secondary N) is 1. The number of hydrogen-bond acceptors (Lipinski definition) is 4. The van der Waals surface area contributed by atoms with Crippen molar-refractivity contribution in [3.05, 3.63) is 0 Å². The highest BCUT2D eigenvalue weighted by Crippen LogP contribution is 2.31. The average Bonchev–Trinajstić information content (AvgIpc) is 2.34. The van der Waals surface area contributed by atoms with Crippen molar-refractivity contribution in [2.24, 2.45) is 5.92 Å². The highest BCUT2D eigenvalue weighted by Gasteiger charge is 2.33. The molecule has 0 heterocycles. The van der Waals surface area contributed by atoms with Gasteiger partial charge in [0.05, 0.1) is 26.4 Å². The minimum absolute atomic E-state index is 0.0672. The summed E-state index contributed by atoms with van der Waals surface area (Å²) in [6.45, 7) is 5.26. The molecule has 2 unspecified atom stereocenters. The molecule has 0 amide bonds. The largest absolute Gasteiger partial charge is 0.394 e. The Morgan fingerprint density at radius 3 is 2.82 bits per heavy atom. The monoisotopic (exact) mass is 245 g/mol. The van der Waals surface area contributed by atoms with Crippen molar-refractivity contribution in [3.63, 3.8) is 0 Å². The van der Waals surface area contributed by atoms with Crippen LogP contribution in [0.2, 0.25) is 0 Å². The molecule has 0 aromatic carbocycles. The Kier molecular flexibility index (Phi) is 7.04. The van der Waals surface area contributed by atoms with Crippen LogP contribution in [0.3, 0.4) is 0 Å². The molecule has 0 bridgehead atoms. The van der Waals surface area contributed by atoms with Crippen molar-refractivity contribution in [1.82, 2.24) is 5.32 Å². The SMILES string of the molecule is COCCOCCNC1(CO)CCCC(C)C1. The minimum atomic E-state index is -0.0672. The zero-order valence-electron chi connectivity index (χ0n) is 11.2. The number of methoxy groups -OCH3 is 1. The third-order valence-corrected chi connectivity index (χ3v) is 3.57. The molecule has 4 heteroatoms. The summed E-state index contributed by atoms with van der Waals surface area (Å²) >= 11 is 0. The van der Waals surface area contributed by atoms with Gasteiger partial charge in [-0.2, -0.15) is 0 Å². The molecule has 0 aliphatic heterocycles. The summed E-state index contributed by atoms with van der Waals surface area (Å²) in [7, 11) is 1.67. The molecule has 1 rings (SSSR count). The van der Waals surface area contributed by atoms with Gasteiger partial charge in [-0.25, -0.2) is 0 Å². The molecule has 1 saturated carbocycles. The lowest BCUT2D eigenvalue weighted by molar-refractivity contribution is 0.0560. The standard InChI is InChI=1S/C13H27NO3/c1-12-4-3-5-13(10-12,11-15)14-6-7-17-9-8-16-2/h12,14-15H,3-11H2,1-2H3. The number of aliphatic hydroxyl groups excluding tert-OH is 1. The van der Waals surface area contributed by atoms with Crippen molar-refractivity contribution < 1.29 is 14.6 Å². The van der Waals surface area contributed by atoms with Gasteiger partial charge in [0.2, 0.25) is 0 Å². The van der Waals surface area contributed by atoms with Gasteiger partial charge < -0.3 is 19.9 Å². The summed E-state index contributed by atoms with van der Waals surface area (Å²) in [5.74, 6) is 0.706. The number of rotatable bonds is 8. The zero-order valence-corrected chi connectivity index (χ0v) is 11.2. The Bertz CT molecular complexity index is 201. The number of hydrogen-bond donors (Lipinski definition) is 2. The first kappa shape index (κ1) is 14.9. The van der Waals surface area contributed by atoms with Gasteiger partial charge in [0.1, 0.15) is 0 Å². The van der Waals surface area contributed by atoms with Crippen molar-refractivity contribution >= 4 is 0 Å². The van der Waals surface area contributed by atoms with Crippen LogP contribution in [0.4, 0.5) is 0 Å². The lowest BCUT2D eigenvalue weighted by Gasteiger charge is -2.39. The number of aliphatic hydroxyl groups is 1. The normalized spacial score (nSPS) is 29.5. The van der Waals surface area contributed by atoms with Gasteiger partial charge in [0.25, 0.3) is 0 Å². The van der Waals surface area contributed by atoms with E-state index in [0.29, 0.717) is 25.7 Å². The molecular weight excluding hydrogens is 218 g/mol. The third kappa shape index (κ3) is 5.34. The van der Waals surface area contributed by atoms with Crippen molar-refractivity contribution in [1.29, 1.82) is 0 Å². The Hall–Kier alpha value is -0.160. The van der Waals surface area contributed by atoms with Crippen molar-refractivity contribution in [3.8, 4) is 0 Å². The zero-order chi connectivity index (χ0) is 12.6. The first-order valence-electron chi connectivity index (χ1n) is 6.65. The molecule has 2 N–H and O–H groups in total. The van der Waals surface area contributed by atoms with Gasteiger partial charge in [-0.05, 0) is 18.8 Å². The summed E-state index contributed by atoms with van der Waals surface area (Å²) in [5.41, 5.74) is -0.0672. The van der Waals surface area contributed by atoms with Crippen LogP contribution in [-0.4, -0.2) is 50.7 Å². The molecule has 0 radical (unpaired) electrons. The van der Waals surface area contributed by atoms with E-state index in [1.54, 1.807) is 7.11 Å². The van der Waals surface area contributed by atoms with E-state index >= 15 is 0 Å². The van der Waals surface area contributed by atoms with Crippen LogP contribution < -0.4 is 5.32 Å². The molecule has 4 nitrogen and oxygen atoms in total. The fraction of sp³-hybridized carbons (Fsp3) is 1.00. The van der Waals surface area contributed by atoms with Gasteiger partial charge in [-0.1, -0.05) is 19.8 Å². The topological polar surface area (TPSA) is 50.7 Å². The Morgan fingerprint density at radius 1 is 1.35 bits per heavy atom. The van der Waals surface area contributed by atoms with E-state index in [2.05, 4.69) is 12.2 Å². The highest BCUT2D eigenvalue weighted by molar-refractivity contribution is 4.92. The fourth-order valence-corrected chi connectivity index (χ4v) is 2.65. The maximum absolute atomic E-state index is 9.58. The summed E-state index contributed by atoms with van der Waals surface area (Å²) in [5, 5.41) is 13.1. The molecule has 1 fully saturated rings. The third-order valence-electron chi connectivity index (χ3n) is 3.57. The van der Waals surface area contributed by atoms with Gasteiger partial charge in [-0.3, -0.25) is 0 Å². The maximum Gasteiger partial charge on any atom is 0.0700 e. The van der Waals surface area contributed by atoms with E-state index in [1.165, 1.54) is 12.8 Å². The van der Waals surface area contributed by atoms with E-state index < -0.39 is 0 Å². The molecule has 2 atom stereocenters. The molecule has 0 saturated heterocycles. The van der Waals surface area contributed by atoms with Crippen LogP contribution in [0.15, 0.2) is 0 Å². The molecule has 1 aliphatic rings. The first-order chi connectivity index (χ1) is 8.22. The molecular formula is C13H27NO3. The van der Waals surface area contributed by atoms with Crippen LogP contribution in [0.1, 0.15) is 32.6 Å². The number of ether oxygens (including phenoxy) is 2. The second-order valence-electron chi connectivity index (χ2n) is 5.17.